The quantitative estimate of drug-likeness (QED) is 0.378. The molecule has 0 nitrogen and oxygen atoms in total. The first-order valence-electron chi connectivity index (χ1n) is 0. The van der Waals surface area contributed by atoms with Crippen LogP contribution in [0, 0.1) is 0 Å². The summed E-state index contributed by atoms with van der Waals surface area (Å²) in [7, 11) is 0. The average Bonchev–Trinajstić information content (AvgIpc) is 0. The van der Waals surface area contributed by atoms with Gasteiger partial charge in [0.2, 0.25) is 0 Å². The monoisotopic (exact) mass is 505 g/mol. The molecule has 0 aliphatic rings. The molecule has 0 amide bonds. The van der Waals surface area contributed by atoms with Gasteiger partial charge in [0.1, 0.15) is 0 Å². The van der Waals surface area contributed by atoms with Crippen LogP contribution in [0.3, 0.4) is 0 Å². The van der Waals surface area contributed by atoms with Gasteiger partial charge in [-0.3, -0.25) is 0 Å². The third-order valence-electron chi connectivity index (χ3n) is 0. The summed E-state index contributed by atoms with van der Waals surface area (Å²) in [5, 5.41) is 0. The first-order chi connectivity index (χ1) is 0. The fourth-order valence-corrected chi connectivity index (χ4v) is 0. The van der Waals surface area contributed by atoms with Crippen molar-refractivity contribution in [1.82, 2.24) is 0 Å². The van der Waals surface area contributed by atoms with E-state index in [-0.39, 0.29) is 82.7 Å². The minimum absolute atomic E-state index is 0. The van der Waals surface area contributed by atoms with Crippen molar-refractivity contribution in [3.05, 3.63) is 0 Å². The van der Waals surface area contributed by atoms with E-state index in [0.29, 0.717) is 0 Å². The van der Waals surface area contributed by atoms with Crippen LogP contribution in [-0.4, -0.2) is 27.3 Å². The second-order valence-corrected chi connectivity index (χ2v) is 0. The molecule has 0 aliphatic carbocycles. The van der Waals surface area contributed by atoms with E-state index in [9.17, 15) is 0 Å². The Hall–Kier alpha value is 2.64. The van der Waals surface area contributed by atoms with Gasteiger partial charge in [0.25, 0.3) is 0 Å². The second kappa shape index (κ2) is 17.4. The van der Waals surface area contributed by atoms with E-state index in [4.69, 9.17) is 0 Å². The minimum Gasteiger partial charge on any atom is 0 e. The van der Waals surface area contributed by atoms with Gasteiger partial charge in [-0.2, -0.15) is 13.5 Å². The Morgan fingerprint density at radius 1 is 1.00 bits per heavy atom. The molecule has 0 heterocycles. The summed E-state index contributed by atoms with van der Waals surface area (Å²) in [6.45, 7) is 0. The van der Waals surface area contributed by atoms with Crippen molar-refractivity contribution in [1.29, 1.82) is 0 Å². The molecule has 0 aromatic heterocycles. The van der Waals surface area contributed by atoms with Crippen molar-refractivity contribution < 1.29 is 41.9 Å². The molecule has 0 bridgehead atoms. The zero-order valence-corrected chi connectivity index (χ0v) is 13.8. The van der Waals surface area contributed by atoms with Gasteiger partial charge in [0.15, 0.2) is 0 Å². The Morgan fingerprint density at radius 2 is 1.00 bits per heavy atom. The Bertz CT molecular complexity index is 8.00. The summed E-state index contributed by atoms with van der Waals surface area (Å²) in [5.74, 6) is 0. The molecular formula is H4AuPbSZn. The molecule has 0 saturated heterocycles. The summed E-state index contributed by atoms with van der Waals surface area (Å²) in [6, 6.07) is 0. The number of hydrogen-bond acceptors (Lipinski definition) is 0. The van der Waals surface area contributed by atoms with Gasteiger partial charge >= 0.3 is 27.3 Å². The molecule has 4 heteroatoms. The maximum Gasteiger partial charge on any atom is 0 e. The zero-order chi connectivity index (χ0) is 0. The van der Waals surface area contributed by atoms with E-state index in [0.717, 1.165) is 0 Å². The summed E-state index contributed by atoms with van der Waals surface area (Å²) in [6.07, 6.45) is 0. The van der Waals surface area contributed by atoms with Crippen molar-refractivity contribution in [3.63, 3.8) is 0 Å². The van der Waals surface area contributed by atoms with E-state index in [1.165, 1.54) is 0 Å². The van der Waals surface area contributed by atoms with Gasteiger partial charge in [0, 0.05) is 41.9 Å². The van der Waals surface area contributed by atoms with Crippen molar-refractivity contribution in [2.24, 2.45) is 0 Å². The van der Waals surface area contributed by atoms with Crippen LogP contribution in [0.2, 0.25) is 0 Å². The normalized spacial score (nSPS) is 0. The molecule has 0 spiro atoms. The van der Waals surface area contributed by atoms with Crippen molar-refractivity contribution in [2.45, 2.75) is 0 Å². The van der Waals surface area contributed by atoms with Crippen LogP contribution in [0.4, 0.5) is 0 Å². The molecule has 0 aromatic rings. The van der Waals surface area contributed by atoms with Gasteiger partial charge in [-0.15, -0.1) is 0 Å². The summed E-state index contributed by atoms with van der Waals surface area (Å²) >= 11 is 0. The molecule has 3 radical (unpaired) electrons. The fourth-order valence-electron chi connectivity index (χ4n) is 0. The molecular weight excluding hydrogens is 502 g/mol. The van der Waals surface area contributed by atoms with Crippen LogP contribution in [0.15, 0.2) is 0 Å². The van der Waals surface area contributed by atoms with E-state index in [1.54, 1.807) is 0 Å². The fraction of sp³-hybridized carbons (Fsp3) is 0. The van der Waals surface area contributed by atoms with Crippen molar-refractivity contribution in [3.8, 4) is 0 Å². The van der Waals surface area contributed by atoms with Crippen LogP contribution in [-0.2, 0) is 41.9 Å². The van der Waals surface area contributed by atoms with Crippen LogP contribution in [0.5, 0.6) is 0 Å². The third kappa shape index (κ3) is 8.82. The maximum atomic E-state index is 0. The summed E-state index contributed by atoms with van der Waals surface area (Å²) in [5.41, 5.74) is 0. The predicted molar refractivity (Wildman–Crippen MR) is 18.9 cm³/mol. The zero-order valence-electron chi connectivity index (χ0n) is 2.22. The molecule has 0 fully saturated rings. The second-order valence-electron chi connectivity index (χ2n) is 0. The molecule has 0 saturated carbocycles. The standard InChI is InChI=1S/Au.Pb.H2S.Zn.2H/h;;1H2;;;. The summed E-state index contributed by atoms with van der Waals surface area (Å²) in [4.78, 5) is 0. The summed E-state index contributed by atoms with van der Waals surface area (Å²) < 4.78 is 0. The van der Waals surface area contributed by atoms with Crippen LogP contribution >= 0.6 is 13.5 Å². The van der Waals surface area contributed by atoms with E-state index in [2.05, 4.69) is 0 Å². The molecule has 27 valence electrons. The Morgan fingerprint density at radius 3 is 1.00 bits per heavy atom. The molecule has 0 atom stereocenters. The first-order valence-corrected chi connectivity index (χ1v) is 0. The molecule has 4 heavy (non-hydrogen) atoms. The van der Waals surface area contributed by atoms with Crippen LogP contribution < -0.4 is 0 Å². The van der Waals surface area contributed by atoms with Crippen LogP contribution in [0.25, 0.3) is 0 Å². The number of hydrogen-bond donors (Lipinski definition) is 0. The molecule has 0 aliphatic heterocycles. The Balaban J connectivity index is 0. The largest absolute Gasteiger partial charge is 0 e. The van der Waals surface area contributed by atoms with E-state index in [1.807, 2.05) is 0 Å². The first kappa shape index (κ1) is 30.3. The maximum absolute atomic E-state index is 0. The third-order valence-corrected chi connectivity index (χ3v) is 0. The Kier molecular flexibility index (Phi) is 132. The molecule has 0 aromatic carbocycles. The van der Waals surface area contributed by atoms with Gasteiger partial charge in [0.05, 0.1) is 0 Å². The van der Waals surface area contributed by atoms with Crippen LogP contribution in [0.1, 0.15) is 0 Å². The molecule has 0 unspecified atom stereocenters. The SMILES string of the molecule is S.[Au].[PbH2].[Zn]. The molecule has 0 N–H and O–H groups in total. The van der Waals surface area contributed by atoms with Gasteiger partial charge in [-0.25, -0.2) is 0 Å². The smallest absolute Gasteiger partial charge is 0 e. The van der Waals surface area contributed by atoms with Crippen molar-refractivity contribution >= 4 is 40.8 Å². The minimum atomic E-state index is 0. The van der Waals surface area contributed by atoms with Gasteiger partial charge in [-0.1, -0.05) is 0 Å². The number of rotatable bonds is 0. The average molecular weight is 506 g/mol. The predicted octanol–water partition coefficient (Wildman–Crippen LogP) is -0.808. The van der Waals surface area contributed by atoms with E-state index >= 15 is 0 Å². The van der Waals surface area contributed by atoms with Gasteiger partial charge in [-0.05, 0) is 0 Å². The van der Waals surface area contributed by atoms with Gasteiger partial charge < -0.3 is 0 Å². The molecule has 0 rings (SSSR count). The van der Waals surface area contributed by atoms with Crippen molar-refractivity contribution in [2.75, 3.05) is 0 Å². The van der Waals surface area contributed by atoms with E-state index < -0.39 is 0 Å². The topological polar surface area (TPSA) is 0 Å². The Labute approximate surface area is 81.4 Å².